The number of rotatable bonds is 3. The second kappa shape index (κ2) is 5.37. The van der Waals surface area contributed by atoms with E-state index >= 15 is 0 Å². The summed E-state index contributed by atoms with van der Waals surface area (Å²) >= 11 is 0. The molecule has 0 unspecified atom stereocenters. The minimum Gasteiger partial charge on any atom is -0.328 e. The second-order valence-electron chi connectivity index (χ2n) is 3.77. The van der Waals surface area contributed by atoms with Crippen molar-refractivity contribution in [2.45, 2.75) is 20.8 Å². The maximum Gasteiger partial charge on any atom is 0.254 e. The summed E-state index contributed by atoms with van der Waals surface area (Å²) < 4.78 is 0. The topological polar surface area (TPSA) is 20.3 Å². The fourth-order valence-corrected chi connectivity index (χ4v) is 1.59. The lowest BCUT2D eigenvalue weighted by molar-refractivity contribution is 0.0784. The van der Waals surface area contributed by atoms with E-state index in [0.29, 0.717) is 13.1 Å². The van der Waals surface area contributed by atoms with Crippen molar-refractivity contribution < 1.29 is 4.79 Å². The average Bonchev–Trinajstić information content (AvgIpc) is 2.29. The number of hydrogen-bond donors (Lipinski definition) is 0. The number of aryl methyl sites for hydroxylation is 1. The Morgan fingerprint density at radius 3 is 2.69 bits per heavy atom. The van der Waals surface area contributed by atoms with Gasteiger partial charge in [-0.1, -0.05) is 18.1 Å². The zero-order chi connectivity index (χ0) is 12.1. The normalized spacial score (nSPS) is 9.62. The molecule has 84 valence electrons. The Bertz CT molecular complexity index is 429. The van der Waals surface area contributed by atoms with Crippen LogP contribution in [0.3, 0.4) is 0 Å². The molecule has 0 fully saturated rings. The maximum absolute atomic E-state index is 12.2. The highest BCUT2D eigenvalue weighted by molar-refractivity contribution is 5.96. The highest BCUT2D eigenvalue weighted by Gasteiger charge is 2.15. The van der Waals surface area contributed by atoms with E-state index in [1.54, 1.807) is 4.90 Å². The van der Waals surface area contributed by atoms with Crippen LogP contribution in [-0.4, -0.2) is 23.9 Å². The van der Waals surface area contributed by atoms with Crippen molar-refractivity contribution >= 4 is 5.91 Å². The molecule has 0 heterocycles. The van der Waals surface area contributed by atoms with Gasteiger partial charge in [-0.15, -0.1) is 6.42 Å². The van der Waals surface area contributed by atoms with Gasteiger partial charge in [-0.3, -0.25) is 4.79 Å². The van der Waals surface area contributed by atoms with Crippen LogP contribution in [0, 0.1) is 26.2 Å². The molecule has 0 aromatic heterocycles. The Morgan fingerprint density at radius 1 is 1.44 bits per heavy atom. The maximum atomic E-state index is 12.2. The molecular formula is C14H17NO. The number of nitrogens with zero attached hydrogens (tertiary/aromatic N) is 1. The van der Waals surface area contributed by atoms with Crippen LogP contribution in [0.15, 0.2) is 18.2 Å². The summed E-state index contributed by atoms with van der Waals surface area (Å²) in [4.78, 5) is 13.8. The third-order valence-electron chi connectivity index (χ3n) is 2.79. The Morgan fingerprint density at radius 2 is 2.12 bits per heavy atom. The van der Waals surface area contributed by atoms with Crippen LogP contribution in [0.25, 0.3) is 0 Å². The van der Waals surface area contributed by atoms with Crippen molar-refractivity contribution in [1.29, 1.82) is 0 Å². The number of benzene rings is 1. The number of carbonyl (C=O) groups is 1. The second-order valence-corrected chi connectivity index (χ2v) is 3.77. The smallest absolute Gasteiger partial charge is 0.254 e. The lowest BCUT2D eigenvalue weighted by atomic mass is 10.0. The van der Waals surface area contributed by atoms with Gasteiger partial charge in [0, 0.05) is 12.1 Å². The first kappa shape index (κ1) is 12.3. The van der Waals surface area contributed by atoms with Crippen LogP contribution in [0.5, 0.6) is 0 Å². The Balaban J connectivity index is 3.05. The molecule has 0 radical (unpaired) electrons. The summed E-state index contributed by atoms with van der Waals surface area (Å²) in [6.07, 6.45) is 5.24. The molecule has 0 atom stereocenters. The number of hydrogen-bond acceptors (Lipinski definition) is 1. The predicted octanol–water partition coefficient (Wildman–Crippen LogP) is 2.40. The molecule has 16 heavy (non-hydrogen) atoms. The third kappa shape index (κ3) is 2.43. The lowest BCUT2D eigenvalue weighted by Crippen LogP contribution is -2.31. The lowest BCUT2D eigenvalue weighted by Gasteiger charge is -2.19. The minimum absolute atomic E-state index is 0.0154. The standard InChI is InChI=1S/C14H17NO/c1-5-10-15(6-2)14(16)13-9-7-8-11(3)12(13)4/h1,7-9H,6,10H2,2-4H3. The fraction of sp³-hybridized carbons (Fsp3) is 0.357. The fourth-order valence-electron chi connectivity index (χ4n) is 1.59. The van der Waals surface area contributed by atoms with E-state index in [9.17, 15) is 4.79 Å². The van der Waals surface area contributed by atoms with E-state index in [0.717, 1.165) is 16.7 Å². The summed E-state index contributed by atoms with van der Waals surface area (Å²) in [7, 11) is 0. The van der Waals surface area contributed by atoms with Gasteiger partial charge >= 0.3 is 0 Å². The number of amides is 1. The van der Waals surface area contributed by atoms with Crippen LogP contribution in [0.2, 0.25) is 0 Å². The van der Waals surface area contributed by atoms with Gasteiger partial charge < -0.3 is 4.90 Å². The quantitative estimate of drug-likeness (QED) is 0.709. The Kier molecular flexibility index (Phi) is 4.13. The molecule has 0 bridgehead atoms. The molecule has 0 aliphatic heterocycles. The molecule has 1 aromatic carbocycles. The SMILES string of the molecule is C#CCN(CC)C(=O)c1cccc(C)c1C. The zero-order valence-electron chi connectivity index (χ0n) is 10.1. The third-order valence-corrected chi connectivity index (χ3v) is 2.79. The largest absolute Gasteiger partial charge is 0.328 e. The van der Waals surface area contributed by atoms with Crippen molar-refractivity contribution in [3.63, 3.8) is 0 Å². The summed E-state index contributed by atoms with van der Waals surface area (Å²) in [5, 5.41) is 0. The van der Waals surface area contributed by atoms with E-state index in [1.807, 2.05) is 39.0 Å². The summed E-state index contributed by atoms with van der Waals surface area (Å²) in [6.45, 7) is 6.90. The molecule has 0 saturated carbocycles. The molecule has 2 heteroatoms. The highest BCUT2D eigenvalue weighted by Crippen LogP contribution is 2.14. The predicted molar refractivity (Wildman–Crippen MR) is 66.3 cm³/mol. The molecule has 1 rings (SSSR count). The molecular weight excluding hydrogens is 198 g/mol. The number of carbonyl (C=O) groups excluding carboxylic acids is 1. The highest BCUT2D eigenvalue weighted by atomic mass is 16.2. The summed E-state index contributed by atoms with van der Waals surface area (Å²) in [6, 6.07) is 5.76. The van der Waals surface area contributed by atoms with Crippen molar-refractivity contribution in [3.8, 4) is 12.3 Å². The molecule has 0 aliphatic carbocycles. The van der Waals surface area contributed by atoms with Crippen molar-refractivity contribution in [3.05, 3.63) is 34.9 Å². The molecule has 0 spiro atoms. The first-order valence-corrected chi connectivity index (χ1v) is 5.40. The molecule has 0 N–H and O–H groups in total. The van der Waals surface area contributed by atoms with Gasteiger partial charge in [0.05, 0.1) is 6.54 Å². The summed E-state index contributed by atoms with van der Waals surface area (Å²) in [5.74, 6) is 2.52. The van der Waals surface area contributed by atoms with E-state index in [4.69, 9.17) is 6.42 Å². The van der Waals surface area contributed by atoms with Crippen LogP contribution in [0.1, 0.15) is 28.4 Å². The van der Waals surface area contributed by atoms with Gasteiger partial charge in [0.1, 0.15) is 0 Å². The molecule has 0 saturated heterocycles. The molecule has 1 aromatic rings. The molecule has 0 aliphatic rings. The minimum atomic E-state index is 0.0154. The van der Waals surface area contributed by atoms with E-state index in [1.165, 1.54) is 0 Å². The van der Waals surface area contributed by atoms with Crippen LogP contribution < -0.4 is 0 Å². The Labute approximate surface area is 97.3 Å². The monoisotopic (exact) mass is 215 g/mol. The van der Waals surface area contributed by atoms with Crippen LogP contribution >= 0.6 is 0 Å². The van der Waals surface area contributed by atoms with Gasteiger partial charge in [-0.05, 0) is 38.0 Å². The van der Waals surface area contributed by atoms with Crippen molar-refractivity contribution in [1.82, 2.24) is 4.90 Å². The molecule has 1 amide bonds. The summed E-state index contributed by atoms with van der Waals surface area (Å²) in [5.41, 5.74) is 2.91. The van der Waals surface area contributed by atoms with Crippen molar-refractivity contribution in [2.24, 2.45) is 0 Å². The van der Waals surface area contributed by atoms with E-state index in [2.05, 4.69) is 5.92 Å². The van der Waals surface area contributed by atoms with Crippen LogP contribution in [-0.2, 0) is 0 Å². The van der Waals surface area contributed by atoms with Gasteiger partial charge in [0.25, 0.3) is 5.91 Å². The molecule has 2 nitrogen and oxygen atoms in total. The van der Waals surface area contributed by atoms with E-state index < -0.39 is 0 Å². The first-order chi connectivity index (χ1) is 7.61. The van der Waals surface area contributed by atoms with Gasteiger partial charge in [-0.2, -0.15) is 0 Å². The van der Waals surface area contributed by atoms with Crippen molar-refractivity contribution in [2.75, 3.05) is 13.1 Å². The van der Waals surface area contributed by atoms with Gasteiger partial charge in [0.15, 0.2) is 0 Å². The zero-order valence-corrected chi connectivity index (χ0v) is 10.1. The number of terminal acetylenes is 1. The van der Waals surface area contributed by atoms with E-state index in [-0.39, 0.29) is 5.91 Å². The van der Waals surface area contributed by atoms with Gasteiger partial charge in [-0.25, -0.2) is 0 Å². The van der Waals surface area contributed by atoms with Gasteiger partial charge in [0.2, 0.25) is 0 Å². The first-order valence-electron chi connectivity index (χ1n) is 5.40. The van der Waals surface area contributed by atoms with Crippen LogP contribution in [0.4, 0.5) is 0 Å². The average molecular weight is 215 g/mol. The Hall–Kier alpha value is -1.75.